The van der Waals surface area contributed by atoms with Crippen LogP contribution in [0.3, 0.4) is 0 Å². The zero-order chi connectivity index (χ0) is 12.1. The van der Waals surface area contributed by atoms with E-state index in [1.54, 1.807) is 0 Å². The summed E-state index contributed by atoms with van der Waals surface area (Å²) in [6, 6.07) is 9.41. The van der Waals surface area contributed by atoms with Crippen molar-refractivity contribution in [1.82, 2.24) is 5.32 Å². The van der Waals surface area contributed by atoms with Gasteiger partial charge in [0.05, 0.1) is 0 Å². The minimum Gasteiger partial charge on any atom is -0.313 e. The van der Waals surface area contributed by atoms with E-state index in [4.69, 9.17) is 0 Å². The van der Waals surface area contributed by atoms with E-state index in [0.717, 1.165) is 5.92 Å². The molecule has 2 heteroatoms. The maximum absolute atomic E-state index is 3.30. The Morgan fingerprint density at radius 3 is 2.82 bits per heavy atom. The molecule has 0 heterocycles. The first-order valence-corrected chi connectivity index (χ1v) is 7.68. The van der Waals surface area contributed by atoms with Crippen molar-refractivity contribution in [2.24, 2.45) is 5.92 Å². The van der Waals surface area contributed by atoms with Gasteiger partial charge < -0.3 is 5.32 Å². The lowest BCUT2D eigenvalue weighted by molar-refractivity contribution is 0.623. The highest BCUT2D eigenvalue weighted by atomic mass is 32.2. The van der Waals surface area contributed by atoms with Crippen LogP contribution in [0.2, 0.25) is 0 Å². The molecule has 0 spiro atoms. The predicted octanol–water partition coefficient (Wildman–Crippen LogP) is 4.25. The molecule has 0 aromatic heterocycles. The summed E-state index contributed by atoms with van der Waals surface area (Å²) in [5, 5.41) is 3.30. The molecular weight excluding hydrogens is 226 g/mol. The third-order valence-corrected chi connectivity index (χ3v) is 4.98. The normalized spacial score (nSPS) is 18.5. The number of hydrogen-bond donors (Lipinski definition) is 1. The Bertz CT molecular complexity index is 345. The van der Waals surface area contributed by atoms with Gasteiger partial charge >= 0.3 is 0 Å². The summed E-state index contributed by atoms with van der Waals surface area (Å²) in [6.45, 7) is 2.21. The van der Waals surface area contributed by atoms with Crippen molar-refractivity contribution >= 4 is 11.8 Å². The van der Waals surface area contributed by atoms with E-state index >= 15 is 0 Å². The molecule has 1 N–H and O–H groups in total. The van der Waals surface area contributed by atoms with Crippen molar-refractivity contribution < 1.29 is 0 Å². The minimum atomic E-state index is 0.446. The maximum Gasteiger partial charge on any atom is 0.0289 e. The number of thioether (sulfide) groups is 1. The highest BCUT2D eigenvalue weighted by Gasteiger charge is 2.15. The highest BCUT2D eigenvalue weighted by Crippen LogP contribution is 2.31. The lowest BCUT2D eigenvalue weighted by atomic mass is 10.1. The largest absolute Gasteiger partial charge is 0.313 e. The van der Waals surface area contributed by atoms with E-state index in [1.807, 2.05) is 18.8 Å². The fourth-order valence-electron chi connectivity index (χ4n) is 2.43. The van der Waals surface area contributed by atoms with Crippen LogP contribution in [0.4, 0.5) is 0 Å². The SMILES string of the molecule is CNC(C)c1cccc(SCC2CCCC2)c1. The summed E-state index contributed by atoms with van der Waals surface area (Å²) >= 11 is 2.03. The molecule has 1 unspecified atom stereocenters. The first kappa shape index (κ1) is 13.0. The standard InChI is InChI=1S/C15H23NS/c1-12(16-2)14-8-5-9-15(10-14)17-11-13-6-3-4-7-13/h5,8-10,12-13,16H,3-4,6-7,11H2,1-2H3. The van der Waals surface area contributed by atoms with Crippen molar-refractivity contribution in [2.45, 2.75) is 43.5 Å². The molecule has 0 saturated heterocycles. The number of nitrogens with one attached hydrogen (secondary N) is 1. The lowest BCUT2D eigenvalue weighted by Crippen LogP contribution is -2.12. The maximum atomic E-state index is 3.30. The van der Waals surface area contributed by atoms with E-state index < -0.39 is 0 Å². The van der Waals surface area contributed by atoms with E-state index in [2.05, 4.69) is 36.5 Å². The summed E-state index contributed by atoms with van der Waals surface area (Å²) < 4.78 is 0. The van der Waals surface area contributed by atoms with Crippen LogP contribution in [0.5, 0.6) is 0 Å². The van der Waals surface area contributed by atoms with Crippen LogP contribution in [0.1, 0.15) is 44.2 Å². The van der Waals surface area contributed by atoms with Crippen LogP contribution in [0.15, 0.2) is 29.2 Å². The van der Waals surface area contributed by atoms with Gasteiger partial charge in [-0.25, -0.2) is 0 Å². The molecule has 1 aliphatic rings. The second-order valence-corrected chi connectivity index (χ2v) is 6.14. The Hall–Kier alpha value is -0.470. The molecule has 0 bridgehead atoms. The van der Waals surface area contributed by atoms with Crippen LogP contribution in [-0.4, -0.2) is 12.8 Å². The molecule has 1 aliphatic carbocycles. The van der Waals surface area contributed by atoms with Gasteiger partial charge in [-0.3, -0.25) is 0 Å². The van der Waals surface area contributed by atoms with Crippen LogP contribution < -0.4 is 5.32 Å². The average Bonchev–Trinajstić information content (AvgIpc) is 2.89. The molecule has 1 fully saturated rings. The van der Waals surface area contributed by atoms with Crippen LogP contribution in [-0.2, 0) is 0 Å². The van der Waals surface area contributed by atoms with Gasteiger partial charge in [0.25, 0.3) is 0 Å². The Morgan fingerprint density at radius 1 is 1.35 bits per heavy atom. The van der Waals surface area contributed by atoms with Gasteiger partial charge in [-0.05, 0) is 50.4 Å². The summed E-state index contributed by atoms with van der Waals surface area (Å²) in [5.74, 6) is 2.27. The molecule has 1 nitrogen and oxygen atoms in total. The van der Waals surface area contributed by atoms with Crippen molar-refractivity contribution in [1.29, 1.82) is 0 Å². The molecule has 1 saturated carbocycles. The number of rotatable bonds is 5. The van der Waals surface area contributed by atoms with Crippen LogP contribution in [0.25, 0.3) is 0 Å². The fourth-order valence-corrected chi connectivity index (χ4v) is 3.59. The second kappa shape index (κ2) is 6.46. The van der Waals surface area contributed by atoms with Gasteiger partial charge in [0, 0.05) is 16.7 Å². The van der Waals surface area contributed by atoms with E-state index in [0.29, 0.717) is 6.04 Å². The molecular formula is C15H23NS. The van der Waals surface area contributed by atoms with Crippen molar-refractivity contribution in [3.63, 3.8) is 0 Å². The fraction of sp³-hybridized carbons (Fsp3) is 0.600. The molecule has 2 rings (SSSR count). The predicted molar refractivity (Wildman–Crippen MR) is 76.6 cm³/mol. The van der Waals surface area contributed by atoms with Gasteiger partial charge in [0.15, 0.2) is 0 Å². The Balaban J connectivity index is 1.91. The quantitative estimate of drug-likeness (QED) is 0.783. The summed E-state index contributed by atoms with van der Waals surface area (Å²) in [4.78, 5) is 1.43. The Labute approximate surface area is 109 Å². The van der Waals surface area contributed by atoms with Gasteiger partial charge in [0.1, 0.15) is 0 Å². The average molecular weight is 249 g/mol. The first-order valence-electron chi connectivity index (χ1n) is 6.69. The molecule has 17 heavy (non-hydrogen) atoms. The highest BCUT2D eigenvalue weighted by molar-refractivity contribution is 7.99. The molecule has 0 aliphatic heterocycles. The van der Waals surface area contributed by atoms with E-state index in [-0.39, 0.29) is 0 Å². The van der Waals surface area contributed by atoms with Crippen molar-refractivity contribution in [3.05, 3.63) is 29.8 Å². The van der Waals surface area contributed by atoms with Gasteiger partial charge in [-0.15, -0.1) is 11.8 Å². The van der Waals surface area contributed by atoms with Crippen LogP contribution in [0, 0.1) is 5.92 Å². The van der Waals surface area contributed by atoms with Gasteiger partial charge in [0.2, 0.25) is 0 Å². The number of benzene rings is 1. The molecule has 1 aromatic carbocycles. The zero-order valence-corrected chi connectivity index (χ0v) is 11.7. The molecule has 94 valence electrons. The van der Waals surface area contributed by atoms with Crippen LogP contribution >= 0.6 is 11.8 Å². The minimum absolute atomic E-state index is 0.446. The van der Waals surface area contributed by atoms with E-state index in [1.165, 1.54) is 41.9 Å². The van der Waals surface area contributed by atoms with Crippen molar-refractivity contribution in [3.8, 4) is 0 Å². The Kier molecular flexibility index (Phi) is 4.93. The molecule has 0 radical (unpaired) electrons. The molecule has 1 aromatic rings. The molecule has 1 atom stereocenters. The monoisotopic (exact) mass is 249 g/mol. The zero-order valence-electron chi connectivity index (χ0n) is 10.9. The van der Waals surface area contributed by atoms with Crippen molar-refractivity contribution in [2.75, 3.05) is 12.8 Å². The summed E-state index contributed by atoms with van der Waals surface area (Å²) in [7, 11) is 2.02. The lowest BCUT2D eigenvalue weighted by Gasteiger charge is -2.13. The second-order valence-electron chi connectivity index (χ2n) is 5.04. The third-order valence-electron chi connectivity index (χ3n) is 3.75. The smallest absolute Gasteiger partial charge is 0.0289 e. The molecule has 0 amide bonds. The topological polar surface area (TPSA) is 12.0 Å². The first-order chi connectivity index (χ1) is 8.29. The van der Waals surface area contributed by atoms with E-state index in [9.17, 15) is 0 Å². The van der Waals surface area contributed by atoms with Gasteiger partial charge in [-0.2, -0.15) is 0 Å². The summed E-state index contributed by atoms with van der Waals surface area (Å²) in [5.41, 5.74) is 1.39. The van der Waals surface area contributed by atoms with Gasteiger partial charge in [-0.1, -0.05) is 25.0 Å². The summed E-state index contributed by atoms with van der Waals surface area (Å²) in [6.07, 6.45) is 5.78. The number of hydrogen-bond acceptors (Lipinski definition) is 2. The third kappa shape index (κ3) is 3.75. The Morgan fingerprint density at radius 2 is 2.12 bits per heavy atom.